The zero-order valence-corrected chi connectivity index (χ0v) is 20.3. The van der Waals surface area contributed by atoms with Crippen LogP contribution in [0.5, 0.6) is 5.75 Å². The van der Waals surface area contributed by atoms with E-state index in [1.165, 1.54) is 15.9 Å². The van der Waals surface area contributed by atoms with Crippen LogP contribution in [0.2, 0.25) is 5.02 Å². The molecule has 0 fully saturated rings. The molecule has 3 aromatic rings. The van der Waals surface area contributed by atoms with Gasteiger partial charge in [0.15, 0.2) is 4.80 Å². The molecule has 2 aromatic carbocycles. The standard InChI is InChI=1S/C23H18BrClN2O4S/c1-3-31-22(30)18-12(2)26-23-27(19(18)13-7-5-4-6-8-13)21(29)17(32-23)10-14-9-15(25)11-16(24)20(14)28/h4-11,19,28H,3H2,1-2H3. The number of nitrogens with zero attached hydrogens (tertiary/aromatic N) is 2. The van der Waals surface area contributed by atoms with Crippen LogP contribution in [0.1, 0.15) is 31.0 Å². The summed E-state index contributed by atoms with van der Waals surface area (Å²) in [6.45, 7) is 3.68. The summed E-state index contributed by atoms with van der Waals surface area (Å²) < 4.78 is 7.55. The summed E-state index contributed by atoms with van der Waals surface area (Å²) in [4.78, 5) is 31.3. The minimum Gasteiger partial charge on any atom is -0.506 e. The van der Waals surface area contributed by atoms with Crippen molar-refractivity contribution in [1.82, 2.24) is 4.57 Å². The van der Waals surface area contributed by atoms with E-state index in [1.807, 2.05) is 30.3 Å². The van der Waals surface area contributed by atoms with Crippen molar-refractivity contribution < 1.29 is 14.6 Å². The van der Waals surface area contributed by atoms with Gasteiger partial charge in [-0.15, -0.1) is 0 Å². The number of ether oxygens (including phenoxy) is 1. The molecule has 164 valence electrons. The second-order valence-electron chi connectivity index (χ2n) is 7.04. The zero-order valence-electron chi connectivity index (χ0n) is 17.1. The molecule has 0 spiro atoms. The third-order valence-electron chi connectivity index (χ3n) is 4.98. The number of phenols is 1. The van der Waals surface area contributed by atoms with E-state index in [0.717, 1.165) is 5.56 Å². The van der Waals surface area contributed by atoms with E-state index in [4.69, 9.17) is 16.3 Å². The van der Waals surface area contributed by atoms with Crippen molar-refractivity contribution in [3.8, 4) is 5.75 Å². The van der Waals surface area contributed by atoms with Crippen molar-refractivity contribution in [2.45, 2.75) is 19.9 Å². The Balaban J connectivity index is 1.98. The molecule has 2 heterocycles. The number of thiazole rings is 1. The van der Waals surface area contributed by atoms with Crippen LogP contribution in [-0.2, 0) is 9.53 Å². The van der Waals surface area contributed by atoms with Crippen molar-refractivity contribution in [2.24, 2.45) is 4.99 Å². The van der Waals surface area contributed by atoms with Gasteiger partial charge in [0.25, 0.3) is 5.56 Å². The molecule has 0 bridgehead atoms. The van der Waals surface area contributed by atoms with Crippen LogP contribution in [-0.4, -0.2) is 22.2 Å². The molecular formula is C23H18BrClN2O4S. The highest BCUT2D eigenvalue weighted by Crippen LogP contribution is 2.32. The minimum absolute atomic E-state index is 0.0248. The number of hydrogen-bond donors (Lipinski definition) is 1. The average molecular weight is 534 g/mol. The number of rotatable bonds is 4. The topological polar surface area (TPSA) is 80.9 Å². The molecule has 1 aliphatic heterocycles. The van der Waals surface area contributed by atoms with Gasteiger partial charge in [-0.2, -0.15) is 0 Å². The summed E-state index contributed by atoms with van der Waals surface area (Å²) in [6, 6.07) is 11.8. The lowest BCUT2D eigenvalue weighted by molar-refractivity contribution is -0.139. The van der Waals surface area contributed by atoms with Gasteiger partial charge in [0.1, 0.15) is 5.75 Å². The molecule has 1 N–H and O–H groups in total. The molecule has 0 radical (unpaired) electrons. The highest BCUT2D eigenvalue weighted by atomic mass is 79.9. The van der Waals surface area contributed by atoms with E-state index in [2.05, 4.69) is 20.9 Å². The van der Waals surface area contributed by atoms with Crippen molar-refractivity contribution in [3.05, 3.63) is 94.0 Å². The zero-order chi connectivity index (χ0) is 23.0. The summed E-state index contributed by atoms with van der Waals surface area (Å²) in [6.07, 6.45) is 1.57. The predicted molar refractivity (Wildman–Crippen MR) is 128 cm³/mol. The predicted octanol–water partition coefficient (Wildman–Crippen LogP) is 3.92. The van der Waals surface area contributed by atoms with Gasteiger partial charge in [-0.3, -0.25) is 9.36 Å². The summed E-state index contributed by atoms with van der Waals surface area (Å²) in [5.74, 6) is -0.531. The Bertz CT molecular complexity index is 1430. The van der Waals surface area contributed by atoms with Crippen molar-refractivity contribution >= 4 is 50.9 Å². The molecule has 1 aliphatic rings. The van der Waals surface area contributed by atoms with E-state index in [1.54, 1.807) is 32.1 Å². The number of carbonyl (C=O) groups excluding carboxylic acids is 1. The van der Waals surface area contributed by atoms with E-state index >= 15 is 0 Å². The van der Waals surface area contributed by atoms with Crippen molar-refractivity contribution in [2.75, 3.05) is 6.61 Å². The molecule has 4 rings (SSSR count). The van der Waals surface area contributed by atoms with E-state index in [-0.39, 0.29) is 17.9 Å². The van der Waals surface area contributed by atoms with Crippen LogP contribution < -0.4 is 14.9 Å². The molecule has 9 heteroatoms. The van der Waals surface area contributed by atoms with Crippen LogP contribution >= 0.6 is 38.9 Å². The monoisotopic (exact) mass is 532 g/mol. The van der Waals surface area contributed by atoms with Crippen molar-refractivity contribution in [3.63, 3.8) is 0 Å². The molecule has 6 nitrogen and oxygen atoms in total. The number of allylic oxidation sites excluding steroid dienone is 1. The lowest BCUT2D eigenvalue weighted by Crippen LogP contribution is -2.39. The molecule has 1 unspecified atom stereocenters. The molecule has 0 aliphatic carbocycles. The minimum atomic E-state index is -0.673. The third kappa shape index (κ3) is 4.05. The highest BCUT2D eigenvalue weighted by molar-refractivity contribution is 9.10. The second kappa shape index (κ2) is 9.05. The smallest absolute Gasteiger partial charge is 0.338 e. The number of carbonyl (C=O) groups is 1. The van der Waals surface area contributed by atoms with Gasteiger partial charge in [-0.25, -0.2) is 9.79 Å². The number of hydrogen-bond acceptors (Lipinski definition) is 6. The van der Waals surface area contributed by atoms with E-state index < -0.39 is 12.0 Å². The Morgan fingerprint density at radius 2 is 2.06 bits per heavy atom. The molecule has 1 atom stereocenters. The third-order valence-corrected chi connectivity index (χ3v) is 6.78. The van der Waals surface area contributed by atoms with Gasteiger partial charge in [-0.05, 0) is 53.5 Å². The fraction of sp³-hybridized carbons (Fsp3) is 0.174. The second-order valence-corrected chi connectivity index (χ2v) is 9.34. The van der Waals surface area contributed by atoms with Gasteiger partial charge in [0.05, 0.1) is 32.9 Å². The average Bonchev–Trinajstić information content (AvgIpc) is 3.06. The Labute approximate surface area is 200 Å². The molecule has 32 heavy (non-hydrogen) atoms. The van der Waals surface area contributed by atoms with Crippen LogP contribution in [0.15, 0.2) is 68.0 Å². The Morgan fingerprint density at radius 3 is 2.75 bits per heavy atom. The number of benzene rings is 2. The molecule has 1 aromatic heterocycles. The quantitative estimate of drug-likeness (QED) is 0.516. The molecule has 0 saturated carbocycles. The summed E-state index contributed by atoms with van der Waals surface area (Å²) in [5, 5.41) is 10.8. The first kappa shape index (κ1) is 22.5. The SMILES string of the molecule is CCOC(=O)C1=C(C)N=c2sc(=Cc3cc(Cl)cc(Br)c3O)c(=O)n2C1c1ccccc1. The maximum absolute atomic E-state index is 13.5. The number of esters is 1. The van der Waals surface area contributed by atoms with Gasteiger partial charge in [0.2, 0.25) is 0 Å². The van der Waals surface area contributed by atoms with Gasteiger partial charge >= 0.3 is 5.97 Å². The number of phenolic OH excluding ortho intramolecular Hbond substituents is 1. The molecule has 0 amide bonds. The lowest BCUT2D eigenvalue weighted by Gasteiger charge is -2.24. The van der Waals surface area contributed by atoms with Crippen LogP contribution in [0.25, 0.3) is 6.08 Å². The van der Waals surface area contributed by atoms with Gasteiger partial charge in [0, 0.05) is 10.6 Å². The van der Waals surface area contributed by atoms with Crippen LogP contribution in [0.3, 0.4) is 0 Å². The first-order valence-corrected chi connectivity index (χ1v) is 11.7. The van der Waals surface area contributed by atoms with Crippen LogP contribution in [0, 0.1) is 0 Å². The first-order chi connectivity index (χ1) is 15.3. The maximum atomic E-state index is 13.5. The molecular weight excluding hydrogens is 516 g/mol. The largest absolute Gasteiger partial charge is 0.506 e. The van der Waals surface area contributed by atoms with E-state index in [0.29, 0.717) is 35.7 Å². The number of halogens is 2. The normalized spacial score (nSPS) is 16.0. The fourth-order valence-corrected chi connectivity index (χ4v) is 5.45. The Hall–Kier alpha value is -2.68. The van der Waals surface area contributed by atoms with Gasteiger partial charge < -0.3 is 9.84 Å². The Morgan fingerprint density at radius 1 is 1.34 bits per heavy atom. The van der Waals surface area contributed by atoms with Crippen molar-refractivity contribution in [1.29, 1.82) is 0 Å². The van der Waals surface area contributed by atoms with E-state index in [9.17, 15) is 14.7 Å². The molecule has 0 saturated heterocycles. The fourth-order valence-electron chi connectivity index (χ4n) is 3.58. The number of fused-ring (bicyclic) bond motifs is 1. The van der Waals surface area contributed by atoms with Crippen LogP contribution in [0.4, 0.5) is 0 Å². The number of aromatic nitrogens is 1. The summed E-state index contributed by atoms with van der Waals surface area (Å²) in [5.41, 5.74) is 1.66. The maximum Gasteiger partial charge on any atom is 0.338 e. The van der Waals surface area contributed by atoms with Gasteiger partial charge in [-0.1, -0.05) is 53.3 Å². The first-order valence-electron chi connectivity index (χ1n) is 9.74. The highest BCUT2D eigenvalue weighted by Gasteiger charge is 2.33. The summed E-state index contributed by atoms with van der Waals surface area (Å²) in [7, 11) is 0. The lowest BCUT2D eigenvalue weighted by atomic mass is 9.96. The summed E-state index contributed by atoms with van der Waals surface area (Å²) >= 11 is 10.6. The Kier molecular flexibility index (Phi) is 6.37. The number of aromatic hydroxyl groups is 1.